The lowest BCUT2D eigenvalue weighted by Crippen LogP contribution is -2.18. The van der Waals surface area contributed by atoms with Crippen molar-refractivity contribution in [3.8, 4) is 28.7 Å². The van der Waals surface area contributed by atoms with Crippen molar-refractivity contribution in [1.29, 1.82) is 0 Å². The molecule has 0 unspecified atom stereocenters. The molecule has 2 aromatic carbocycles. The van der Waals surface area contributed by atoms with E-state index >= 15 is 0 Å². The summed E-state index contributed by atoms with van der Waals surface area (Å²) in [6.45, 7) is 0.235. The maximum absolute atomic E-state index is 12.4. The van der Waals surface area contributed by atoms with E-state index in [4.69, 9.17) is 23.7 Å². The number of methoxy groups -OCH3 is 1. The number of ether oxygens (including phenoxy) is 5. The van der Waals surface area contributed by atoms with Crippen LogP contribution < -0.4 is 18.9 Å². The van der Waals surface area contributed by atoms with Gasteiger partial charge in [-0.25, -0.2) is 4.79 Å². The van der Waals surface area contributed by atoms with E-state index in [1.165, 1.54) is 13.2 Å². The highest BCUT2D eigenvalue weighted by molar-refractivity contribution is 5.95. The van der Waals surface area contributed by atoms with E-state index in [-0.39, 0.29) is 19.1 Å². The van der Waals surface area contributed by atoms with Gasteiger partial charge in [-0.3, -0.25) is 0 Å². The standard InChI is InChI=1S/C19H14O7/c1-22-13-4-9(2-3-11(13)20)17-10-5-14-15(25-8-24-14)6-12(10)26-16-7-23-19(21)18(16)17/h2-6,17,20H,7-8H2,1H3/t17-/m0/s1. The van der Waals surface area contributed by atoms with Crippen molar-refractivity contribution >= 4 is 5.97 Å². The van der Waals surface area contributed by atoms with E-state index < -0.39 is 11.9 Å². The first-order valence-corrected chi connectivity index (χ1v) is 8.04. The molecule has 7 heteroatoms. The summed E-state index contributed by atoms with van der Waals surface area (Å²) in [5, 5.41) is 9.90. The van der Waals surface area contributed by atoms with Crippen molar-refractivity contribution in [2.75, 3.05) is 20.5 Å². The van der Waals surface area contributed by atoms with E-state index in [0.717, 1.165) is 11.1 Å². The summed E-state index contributed by atoms with van der Waals surface area (Å²) >= 11 is 0. The molecule has 0 aromatic heterocycles. The number of aromatic hydroxyl groups is 1. The fourth-order valence-electron chi connectivity index (χ4n) is 3.52. The summed E-state index contributed by atoms with van der Waals surface area (Å²) in [4.78, 5) is 12.4. The van der Waals surface area contributed by atoms with E-state index in [2.05, 4.69) is 0 Å². The van der Waals surface area contributed by atoms with Crippen LogP contribution in [-0.2, 0) is 9.53 Å². The summed E-state index contributed by atoms with van der Waals surface area (Å²) in [6.07, 6.45) is 0. The van der Waals surface area contributed by atoms with Gasteiger partial charge in [-0.05, 0) is 23.8 Å². The van der Waals surface area contributed by atoms with Gasteiger partial charge in [0, 0.05) is 17.5 Å². The molecule has 0 radical (unpaired) electrons. The van der Waals surface area contributed by atoms with E-state index in [9.17, 15) is 9.90 Å². The van der Waals surface area contributed by atoms with E-state index in [1.54, 1.807) is 18.2 Å². The van der Waals surface area contributed by atoms with Crippen LogP contribution >= 0.6 is 0 Å². The number of benzene rings is 2. The highest BCUT2D eigenvalue weighted by atomic mass is 16.7. The fourth-order valence-corrected chi connectivity index (χ4v) is 3.52. The molecular formula is C19H14O7. The Bertz CT molecular complexity index is 976. The number of phenolic OH excluding ortho intramolecular Hbond substituents is 1. The van der Waals surface area contributed by atoms with Gasteiger partial charge >= 0.3 is 5.97 Å². The number of hydrogen-bond donors (Lipinski definition) is 1. The zero-order valence-corrected chi connectivity index (χ0v) is 13.8. The SMILES string of the molecule is COc1cc([C@@H]2C3=C(COC3=O)Oc3cc4c(cc32)OCO4)ccc1O. The van der Waals surface area contributed by atoms with Crippen LogP contribution in [-0.4, -0.2) is 31.6 Å². The molecule has 0 aliphatic carbocycles. The minimum atomic E-state index is -0.423. The summed E-state index contributed by atoms with van der Waals surface area (Å²) in [6, 6.07) is 8.57. The van der Waals surface area contributed by atoms with E-state index in [1.807, 2.05) is 6.07 Å². The summed E-state index contributed by atoms with van der Waals surface area (Å²) in [5.41, 5.74) is 1.98. The van der Waals surface area contributed by atoms with Crippen molar-refractivity contribution in [2.24, 2.45) is 0 Å². The van der Waals surface area contributed by atoms with Crippen LogP contribution in [0.15, 0.2) is 41.7 Å². The van der Waals surface area contributed by atoms with Crippen LogP contribution in [0.3, 0.4) is 0 Å². The van der Waals surface area contributed by atoms with Gasteiger partial charge in [-0.2, -0.15) is 0 Å². The monoisotopic (exact) mass is 354 g/mol. The zero-order chi connectivity index (χ0) is 17.8. The first kappa shape index (κ1) is 14.9. The topological polar surface area (TPSA) is 83.5 Å². The van der Waals surface area contributed by atoms with E-state index in [0.29, 0.717) is 34.3 Å². The molecule has 1 N–H and O–H groups in total. The van der Waals surface area contributed by atoms with Gasteiger partial charge in [-0.15, -0.1) is 0 Å². The molecule has 5 rings (SSSR count). The molecule has 0 fully saturated rings. The van der Waals surface area contributed by atoms with Crippen LogP contribution in [0.4, 0.5) is 0 Å². The second-order valence-electron chi connectivity index (χ2n) is 6.12. The second kappa shape index (κ2) is 5.32. The third kappa shape index (κ3) is 2.03. The minimum absolute atomic E-state index is 0.0254. The van der Waals surface area contributed by atoms with Gasteiger partial charge in [0.15, 0.2) is 28.8 Å². The number of carbonyl (C=O) groups excluding carboxylic acids is 1. The lowest BCUT2D eigenvalue weighted by molar-refractivity contribution is -0.136. The normalized spacial score (nSPS) is 19.6. The molecule has 0 saturated heterocycles. The molecule has 0 bridgehead atoms. The third-order valence-electron chi connectivity index (χ3n) is 4.73. The summed E-state index contributed by atoms with van der Waals surface area (Å²) in [5.74, 6) is 1.77. The number of hydrogen-bond acceptors (Lipinski definition) is 7. The van der Waals surface area contributed by atoms with Gasteiger partial charge in [0.25, 0.3) is 0 Å². The van der Waals surface area contributed by atoms with Crippen LogP contribution in [0.2, 0.25) is 0 Å². The molecule has 0 spiro atoms. The van der Waals surface area contributed by atoms with Crippen molar-refractivity contribution in [3.63, 3.8) is 0 Å². The molecule has 3 aliphatic heterocycles. The molecule has 132 valence electrons. The maximum atomic E-state index is 12.4. The third-order valence-corrected chi connectivity index (χ3v) is 4.73. The molecule has 0 amide bonds. The highest BCUT2D eigenvalue weighted by Gasteiger charge is 2.41. The van der Waals surface area contributed by atoms with Gasteiger partial charge in [-0.1, -0.05) is 6.07 Å². The number of esters is 1. The Hall–Kier alpha value is -3.35. The number of cyclic esters (lactones) is 1. The molecule has 1 atom stereocenters. The molecule has 3 aliphatic rings. The zero-order valence-electron chi connectivity index (χ0n) is 13.8. The average molecular weight is 354 g/mol. The quantitative estimate of drug-likeness (QED) is 0.830. The van der Waals surface area contributed by atoms with Crippen LogP contribution in [0, 0.1) is 0 Å². The van der Waals surface area contributed by atoms with Crippen molar-refractivity contribution < 1.29 is 33.6 Å². The van der Waals surface area contributed by atoms with Crippen LogP contribution in [0.1, 0.15) is 17.0 Å². The summed E-state index contributed by atoms with van der Waals surface area (Å²) in [7, 11) is 1.48. The van der Waals surface area contributed by atoms with Gasteiger partial charge in [0.05, 0.1) is 12.7 Å². The van der Waals surface area contributed by atoms with Gasteiger partial charge < -0.3 is 28.8 Å². The predicted molar refractivity (Wildman–Crippen MR) is 87.7 cm³/mol. The molecule has 2 aromatic rings. The van der Waals surface area contributed by atoms with Gasteiger partial charge in [0.1, 0.15) is 12.4 Å². The Labute approximate surface area is 148 Å². The average Bonchev–Trinajstić information content (AvgIpc) is 3.25. The number of fused-ring (bicyclic) bond motifs is 2. The van der Waals surface area contributed by atoms with Crippen LogP contribution in [0.5, 0.6) is 28.7 Å². The van der Waals surface area contributed by atoms with Crippen LogP contribution in [0.25, 0.3) is 0 Å². The van der Waals surface area contributed by atoms with Crippen molar-refractivity contribution in [1.82, 2.24) is 0 Å². The summed E-state index contributed by atoms with van der Waals surface area (Å²) < 4.78 is 27.2. The Morgan fingerprint density at radius 2 is 1.88 bits per heavy atom. The Morgan fingerprint density at radius 3 is 2.69 bits per heavy atom. The first-order valence-electron chi connectivity index (χ1n) is 8.04. The molecule has 7 nitrogen and oxygen atoms in total. The largest absolute Gasteiger partial charge is 0.504 e. The Balaban J connectivity index is 1.73. The van der Waals surface area contributed by atoms with Crippen molar-refractivity contribution in [3.05, 3.63) is 52.8 Å². The number of phenols is 1. The van der Waals surface area contributed by atoms with Crippen molar-refractivity contribution in [2.45, 2.75) is 5.92 Å². The molecule has 3 heterocycles. The smallest absolute Gasteiger partial charge is 0.339 e. The molecule has 0 saturated carbocycles. The Kier molecular flexibility index (Phi) is 3.06. The lowest BCUT2D eigenvalue weighted by atomic mass is 9.82. The molecular weight excluding hydrogens is 340 g/mol. The predicted octanol–water partition coefficient (Wildman–Crippen LogP) is 2.46. The maximum Gasteiger partial charge on any atom is 0.339 e. The Morgan fingerprint density at radius 1 is 1.08 bits per heavy atom. The van der Waals surface area contributed by atoms with Gasteiger partial charge in [0.2, 0.25) is 6.79 Å². The first-order chi connectivity index (χ1) is 12.7. The fraction of sp³-hybridized carbons (Fsp3) is 0.211. The molecule has 26 heavy (non-hydrogen) atoms. The second-order valence-corrected chi connectivity index (χ2v) is 6.12. The minimum Gasteiger partial charge on any atom is -0.504 e. The number of carbonyl (C=O) groups is 1. The lowest BCUT2D eigenvalue weighted by Gasteiger charge is -2.26. The highest BCUT2D eigenvalue weighted by Crippen LogP contribution is 2.50. The number of rotatable bonds is 2.